The van der Waals surface area contributed by atoms with Crippen LogP contribution in [0.5, 0.6) is 0 Å². The first-order chi connectivity index (χ1) is 16.2. The number of nitrogens with zero attached hydrogens (tertiary/aromatic N) is 2. The highest BCUT2D eigenvalue weighted by molar-refractivity contribution is 6.51. The number of ketones is 1. The van der Waals surface area contributed by atoms with Crippen LogP contribution in [-0.4, -0.2) is 17.7 Å². The van der Waals surface area contributed by atoms with Gasteiger partial charge in [0, 0.05) is 27.5 Å². The van der Waals surface area contributed by atoms with Crippen molar-refractivity contribution >= 4 is 50.9 Å². The van der Waals surface area contributed by atoms with Gasteiger partial charge in [0.1, 0.15) is 5.71 Å². The molecule has 0 saturated heterocycles. The first kappa shape index (κ1) is 20.8. The zero-order valence-electron chi connectivity index (χ0n) is 17.7. The van der Waals surface area contributed by atoms with Crippen molar-refractivity contribution in [1.29, 1.82) is 0 Å². The highest BCUT2D eigenvalue weighted by Gasteiger charge is 2.16. The molecule has 0 aromatic heterocycles. The number of benzene rings is 5. The maximum absolute atomic E-state index is 13.2. The predicted octanol–water partition coefficient (Wildman–Crippen LogP) is 7.35. The summed E-state index contributed by atoms with van der Waals surface area (Å²) >= 11 is 6.70. The van der Waals surface area contributed by atoms with Crippen LogP contribution in [0.1, 0.15) is 21.5 Å². The molecule has 0 fully saturated rings. The number of carbonyl (C=O) groups is 1. The van der Waals surface area contributed by atoms with Gasteiger partial charge in [-0.15, -0.1) is 5.10 Å². The Labute approximate surface area is 196 Å². The molecular formula is C29H19ClN2O. The number of hydrogen-bond acceptors (Lipinski definition) is 3. The Hall–Kier alpha value is -4.08. The molecule has 0 N–H and O–H groups in total. The summed E-state index contributed by atoms with van der Waals surface area (Å²) in [6.07, 6.45) is 1.71. The molecule has 0 unspecified atom stereocenters. The van der Waals surface area contributed by atoms with Crippen molar-refractivity contribution in [3.63, 3.8) is 0 Å². The second kappa shape index (κ2) is 9.19. The second-order valence-electron chi connectivity index (χ2n) is 7.57. The van der Waals surface area contributed by atoms with E-state index in [9.17, 15) is 4.79 Å². The van der Waals surface area contributed by atoms with E-state index in [1.54, 1.807) is 18.3 Å². The van der Waals surface area contributed by atoms with Crippen LogP contribution >= 0.6 is 11.6 Å². The molecule has 0 atom stereocenters. The van der Waals surface area contributed by atoms with Crippen LogP contribution in [0.3, 0.4) is 0 Å². The largest absolute Gasteiger partial charge is 0.287 e. The fourth-order valence-electron chi connectivity index (χ4n) is 3.95. The van der Waals surface area contributed by atoms with Crippen molar-refractivity contribution in [2.45, 2.75) is 0 Å². The van der Waals surface area contributed by atoms with Crippen LogP contribution in [0.2, 0.25) is 5.02 Å². The van der Waals surface area contributed by atoms with E-state index in [1.165, 1.54) is 0 Å². The lowest BCUT2D eigenvalue weighted by Crippen LogP contribution is -2.15. The molecule has 5 rings (SSSR count). The van der Waals surface area contributed by atoms with E-state index in [0.717, 1.165) is 27.1 Å². The summed E-state index contributed by atoms with van der Waals surface area (Å²) in [6.45, 7) is 0. The van der Waals surface area contributed by atoms with Crippen LogP contribution in [0.4, 0.5) is 0 Å². The zero-order valence-corrected chi connectivity index (χ0v) is 18.4. The molecule has 4 heteroatoms. The molecule has 0 saturated carbocycles. The van der Waals surface area contributed by atoms with E-state index in [0.29, 0.717) is 21.9 Å². The van der Waals surface area contributed by atoms with Gasteiger partial charge in [-0.3, -0.25) is 4.79 Å². The predicted molar refractivity (Wildman–Crippen MR) is 138 cm³/mol. The van der Waals surface area contributed by atoms with Gasteiger partial charge < -0.3 is 0 Å². The lowest BCUT2D eigenvalue weighted by atomic mass is 9.97. The minimum absolute atomic E-state index is 0.176. The molecule has 5 aromatic rings. The number of Topliss-reactive ketones (excluding diaryl/α,β-unsaturated/α-hetero) is 1. The molecule has 3 nitrogen and oxygen atoms in total. The van der Waals surface area contributed by atoms with Gasteiger partial charge in [0.15, 0.2) is 0 Å². The average molecular weight is 447 g/mol. The van der Waals surface area contributed by atoms with E-state index < -0.39 is 0 Å². The zero-order chi connectivity index (χ0) is 22.6. The minimum Gasteiger partial charge on any atom is -0.287 e. The fourth-order valence-corrected chi connectivity index (χ4v) is 4.28. The smallest absolute Gasteiger partial charge is 0.213 e. The monoisotopic (exact) mass is 446 g/mol. The number of rotatable bonds is 5. The van der Waals surface area contributed by atoms with Gasteiger partial charge in [-0.1, -0.05) is 121 Å². The molecule has 0 bridgehead atoms. The normalized spacial score (nSPS) is 12.0. The van der Waals surface area contributed by atoms with E-state index in [-0.39, 0.29) is 5.78 Å². The third-order valence-corrected chi connectivity index (χ3v) is 5.96. The number of hydrogen-bond donors (Lipinski definition) is 0. The van der Waals surface area contributed by atoms with Gasteiger partial charge in [0.25, 0.3) is 0 Å². The minimum atomic E-state index is -0.176. The Bertz CT molecular complexity index is 1470. The van der Waals surface area contributed by atoms with Crippen molar-refractivity contribution in [3.05, 3.63) is 131 Å². The van der Waals surface area contributed by atoms with Gasteiger partial charge in [0.2, 0.25) is 5.78 Å². The lowest BCUT2D eigenvalue weighted by Gasteiger charge is -2.10. The molecule has 0 radical (unpaired) electrons. The van der Waals surface area contributed by atoms with Gasteiger partial charge >= 0.3 is 0 Å². The maximum atomic E-state index is 13.2. The van der Waals surface area contributed by atoms with E-state index >= 15 is 0 Å². The van der Waals surface area contributed by atoms with Crippen LogP contribution in [0.25, 0.3) is 21.5 Å². The van der Waals surface area contributed by atoms with Gasteiger partial charge in [-0.05, 0) is 10.8 Å². The third kappa shape index (κ3) is 4.07. The van der Waals surface area contributed by atoms with Crippen molar-refractivity contribution in [2.24, 2.45) is 10.2 Å². The fraction of sp³-hybridized carbons (Fsp3) is 0. The van der Waals surface area contributed by atoms with Gasteiger partial charge in [-0.25, -0.2) is 0 Å². The summed E-state index contributed by atoms with van der Waals surface area (Å²) in [5.41, 5.74) is 2.49. The summed E-state index contributed by atoms with van der Waals surface area (Å²) < 4.78 is 0. The topological polar surface area (TPSA) is 41.8 Å². The maximum Gasteiger partial charge on any atom is 0.213 e. The van der Waals surface area contributed by atoms with E-state index in [2.05, 4.69) is 10.2 Å². The standard InChI is InChI=1S/C29H19ClN2O/c30-27-24-17-9-7-15-22(24)26(23-16-8-10-18-25(23)27)19-31-32-28(20-11-3-1-4-12-20)29(33)21-13-5-2-6-14-21/h1-19H. The Morgan fingerprint density at radius 2 is 1.06 bits per heavy atom. The van der Waals surface area contributed by atoms with Crippen LogP contribution in [0.15, 0.2) is 119 Å². The van der Waals surface area contributed by atoms with Crippen LogP contribution < -0.4 is 0 Å². The van der Waals surface area contributed by atoms with Crippen molar-refractivity contribution in [3.8, 4) is 0 Å². The Morgan fingerprint density at radius 1 is 0.606 bits per heavy atom. The highest BCUT2D eigenvalue weighted by Crippen LogP contribution is 2.35. The SMILES string of the molecule is O=C(C(=NN=Cc1c2ccccc2c(Cl)c2ccccc12)c1ccccc1)c1ccccc1. The van der Waals surface area contributed by atoms with Crippen molar-refractivity contribution < 1.29 is 4.79 Å². The summed E-state index contributed by atoms with van der Waals surface area (Å²) in [4.78, 5) is 13.2. The van der Waals surface area contributed by atoms with Crippen LogP contribution in [-0.2, 0) is 0 Å². The molecule has 5 aromatic carbocycles. The highest BCUT2D eigenvalue weighted by atomic mass is 35.5. The molecule has 0 aliphatic carbocycles. The summed E-state index contributed by atoms with van der Waals surface area (Å²) in [7, 11) is 0. The van der Waals surface area contributed by atoms with E-state index in [4.69, 9.17) is 11.6 Å². The van der Waals surface area contributed by atoms with Crippen molar-refractivity contribution in [1.82, 2.24) is 0 Å². The molecule has 158 valence electrons. The first-order valence-corrected chi connectivity index (χ1v) is 11.0. The third-order valence-electron chi connectivity index (χ3n) is 5.55. The molecule has 33 heavy (non-hydrogen) atoms. The summed E-state index contributed by atoms with van der Waals surface area (Å²) in [5.74, 6) is -0.176. The van der Waals surface area contributed by atoms with Gasteiger partial charge in [-0.2, -0.15) is 5.10 Å². The quantitative estimate of drug-likeness (QED) is 0.120. The Morgan fingerprint density at radius 3 is 1.61 bits per heavy atom. The summed E-state index contributed by atoms with van der Waals surface area (Å²) in [6, 6.07) is 34.4. The van der Waals surface area contributed by atoms with Crippen LogP contribution in [0, 0.1) is 0 Å². The number of carbonyl (C=O) groups excluding carboxylic acids is 1. The lowest BCUT2D eigenvalue weighted by molar-refractivity contribution is 0.106. The molecule has 0 heterocycles. The average Bonchev–Trinajstić information content (AvgIpc) is 2.89. The number of halogens is 1. The molecule has 0 aliphatic rings. The summed E-state index contributed by atoms with van der Waals surface area (Å²) in [5, 5.41) is 13.4. The molecule has 0 aliphatic heterocycles. The molecule has 0 amide bonds. The molecular weight excluding hydrogens is 428 g/mol. The second-order valence-corrected chi connectivity index (χ2v) is 7.95. The Balaban J connectivity index is 1.66. The van der Waals surface area contributed by atoms with Gasteiger partial charge in [0.05, 0.1) is 11.2 Å². The molecule has 0 spiro atoms. The van der Waals surface area contributed by atoms with Crippen molar-refractivity contribution in [2.75, 3.05) is 0 Å². The number of fused-ring (bicyclic) bond motifs is 2. The first-order valence-electron chi connectivity index (χ1n) is 10.6. The van der Waals surface area contributed by atoms with E-state index in [1.807, 2.05) is 97.1 Å². The Kier molecular flexibility index (Phi) is 5.79.